The first-order valence-electron chi connectivity index (χ1n) is 4.78. The van der Waals surface area contributed by atoms with Gasteiger partial charge in [-0.2, -0.15) is 0 Å². The van der Waals surface area contributed by atoms with Crippen LogP contribution in [0.5, 0.6) is 0 Å². The summed E-state index contributed by atoms with van der Waals surface area (Å²) in [6.45, 7) is 1.14. The van der Waals surface area contributed by atoms with Gasteiger partial charge in [0.15, 0.2) is 0 Å². The highest BCUT2D eigenvalue weighted by Gasteiger charge is 2.14. The average molecular weight is 303 g/mol. The summed E-state index contributed by atoms with van der Waals surface area (Å²) in [7, 11) is 0. The van der Waals surface area contributed by atoms with E-state index in [-0.39, 0.29) is 12.1 Å². The van der Waals surface area contributed by atoms with Crippen molar-refractivity contribution in [3.8, 4) is 0 Å². The molecule has 1 aromatic heterocycles. The van der Waals surface area contributed by atoms with Gasteiger partial charge in [-0.15, -0.1) is 0 Å². The molecule has 17 heavy (non-hydrogen) atoms. The highest BCUT2D eigenvalue weighted by molar-refractivity contribution is 9.10. The normalized spacial score (nSPS) is 11.9. The molecule has 1 rings (SSSR count). The van der Waals surface area contributed by atoms with Crippen LogP contribution in [-0.4, -0.2) is 27.6 Å². The third-order valence-electron chi connectivity index (χ3n) is 2.01. The van der Waals surface area contributed by atoms with Crippen molar-refractivity contribution in [2.75, 3.05) is 0 Å². The van der Waals surface area contributed by atoms with E-state index in [2.05, 4.69) is 21.2 Å². The van der Waals surface area contributed by atoms with Gasteiger partial charge in [-0.05, 0) is 28.9 Å². The van der Waals surface area contributed by atoms with Gasteiger partial charge in [0.1, 0.15) is 12.6 Å². The van der Waals surface area contributed by atoms with Gasteiger partial charge in [0.05, 0.1) is 0 Å². The summed E-state index contributed by atoms with van der Waals surface area (Å²) in [6.07, 6.45) is 1.47. The molecule has 0 spiro atoms. The van der Waals surface area contributed by atoms with Crippen molar-refractivity contribution in [1.82, 2.24) is 9.88 Å². The van der Waals surface area contributed by atoms with Crippen molar-refractivity contribution in [1.29, 1.82) is 0 Å². The molecular weight excluding hydrogens is 292 g/mol. The molecule has 0 aliphatic carbocycles. The van der Waals surface area contributed by atoms with E-state index < -0.39 is 17.9 Å². The number of carbonyl (C=O) groups excluding carboxylic acids is 1. The third kappa shape index (κ3) is 4.03. The number of pyridine rings is 1. The Morgan fingerprint density at radius 1 is 1.53 bits per heavy atom. The van der Waals surface area contributed by atoms with E-state index in [1.165, 1.54) is 23.8 Å². The van der Waals surface area contributed by atoms with Crippen molar-refractivity contribution < 1.29 is 14.7 Å². The largest absolute Gasteiger partial charge is 0.480 e. The molecule has 0 aliphatic rings. The van der Waals surface area contributed by atoms with Gasteiger partial charge in [-0.25, -0.2) is 0 Å². The van der Waals surface area contributed by atoms with E-state index in [0.717, 1.165) is 0 Å². The molecule has 0 saturated carbocycles. The van der Waals surface area contributed by atoms with Crippen LogP contribution in [0.2, 0.25) is 0 Å². The molecule has 0 radical (unpaired) electrons. The predicted octanol–water partition coefficient (Wildman–Crippen LogP) is 0.200. The highest BCUT2D eigenvalue weighted by Crippen LogP contribution is 2.04. The number of halogens is 1. The zero-order valence-electron chi connectivity index (χ0n) is 9.01. The first-order chi connectivity index (χ1) is 7.90. The van der Waals surface area contributed by atoms with Crippen LogP contribution in [0.3, 0.4) is 0 Å². The minimum absolute atomic E-state index is 0.212. The van der Waals surface area contributed by atoms with Crippen molar-refractivity contribution in [2.24, 2.45) is 0 Å². The lowest BCUT2D eigenvalue weighted by Gasteiger charge is -2.10. The minimum Gasteiger partial charge on any atom is -0.480 e. The Kier molecular flexibility index (Phi) is 4.45. The monoisotopic (exact) mass is 302 g/mol. The summed E-state index contributed by atoms with van der Waals surface area (Å²) in [5.74, 6) is -1.65. The van der Waals surface area contributed by atoms with Crippen LogP contribution in [0.25, 0.3) is 0 Å². The molecule has 92 valence electrons. The lowest BCUT2D eigenvalue weighted by molar-refractivity contribution is -0.141. The predicted molar refractivity (Wildman–Crippen MR) is 63.6 cm³/mol. The van der Waals surface area contributed by atoms with Gasteiger partial charge in [0.25, 0.3) is 5.56 Å². The van der Waals surface area contributed by atoms with E-state index in [9.17, 15) is 14.4 Å². The van der Waals surface area contributed by atoms with Gasteiger partial charge >= 0.3 is 5.97 Å². The molecular formula is C10H11BrN2O4. The van der Waals surface area contributed by atoms with E-state index in [1.807, 2.05) is 0 Å². The molecule has 1 unspecified atom stereocenters. The SMILES string of the molecule is CC(NC(=O)Cn1cc(Br)ccc1=O)C(=O)O. The van der Waals surface area contributed by atoms with Crippen LogP contribution in [0.4, 0.5) is 0 Å². The Balaban J connectivity index is 2.71. The Morgan fingerprint density at radius 3 is 2.76 bits per heavy atom. The molecule has 2 N–H and O–H groups in total. The van der Waals surface area contributed by atoms with E-state index >= 15 is 0 Å². The zero-order chi connectivity index (χ0) is 13.0. The summed E-state index contributed by atoms with van der Waals surface area (Å²) < 4.78 is 1.85. The van der Waals surface area contributed by atoms with E-state index in [4.69, 9.17) is 5.11 Å². The number of amides is 1. The fourth-order valence-corrected chi connectivity index (χ4v) is 1.51. The number of rotatable bonds is 4. The summed E-state index contributed by atoms with van der Waals surface area (Å²) >= 11 is 3.17. The minimum atomic E-state index is -1.13. The van der Waals surface area contributed by atoms with Crippen molar-refractivity contribution >= 4 is 27.8 Å². The zero-order valence-corrected chi connectivity index (χ0v) is 10.6. The molecule has 6 nitrogen and oxygen atoms in total. The number of nitrogens with one attached hydrogen (secondary N) is 1. The maximum atomic E-state index is 11.4. The van der Waals surface area contributed by atoms with Gasteiger partial charge < -0.3 is 15.0 Å². The van der Waals surface area contributed by atoms with Crippen molar-refractivity contribution in [3.05, 3.63) is 33.2 Å². The topological polar surface area (TPSA) is 88.4 Å². The summed E-state index contributed by atoms with van der Waals surface area (Å²) in [5, 5.41) is 10.9. The van der Waals surface area contributed by atoms with Crippen molar-refractivity contribution in [3.63, 3.8) is 0 Å². The third-order valence-corrected chi connectivity index (χ3v) is 2.48. The van der Waals surface area contributed by atoms with Gasteiger partial charge in [0.2, 0.25) is 5.91 Å². The number of carboxylic acids is 1. The van der Waals surface area contributed by atoms with Crippen LogP contribution >= 0.6 is 15.9 Å². The number of hydrogen-bond donors (Lipinski definition) is 2. The average Bonchev–Trinajstić information content (AvgIpc) is 2.23. The van der Waals surface area contributed by atoms with Crippen molar-refractivity contribution in [2.45, 2.75) is 19.5 Å². The molecule has 0 aromatic carbocycles. The Bertz CT molecular complexity index is 497. The Morgan fingerprint density at radius 2 is 2.18 bits per heavy atom. The van der Waals surface area contributed by atoms with Crippen LogP contribution < -0.4 is 10.9 Å². The molecule has 0 saturated heterocycles. The molecule has 0 bridgehead atoms. The maximum Gasteiger partial charge on any atom is 0.325 e. The number of carboxylic acid groups (broad SMARTS) is 1. The lowest BCUT2D eigenvalue weighted by Crippen LogP contribution is -2.41. The van der Waals surface area contributed by atoms with Crippen LogP contribution in [0, 0.1) is 0 Å². The second-order valence-electron chi connectivity index (χ2n) is 3.44. The van der Waals surface area contributed by atoms with Gasteiger partial charge in [-0.3, -0.25) is 14.4 Å². The smallest absolute Gasteiger partial charge is 0.325 e. The second kappa shape index (κ2) is 5.62. The fraction of sp³-hybridized carbons (Fsp3) is 0.300. The molecule has 1 heterocycles. The van der Waals surface area contributed by atoms with Crippen LogP contribution in [0.15, 0.2) is 27.6 Å². The summed E-state index contributed by atoms with van der Waals surface area (Å²) in [4.78, 5) is 33.3. The highest BCUT2D eigenvalue weighted by atomic mass is 79.9. The number of carbonyl (C=O) groups is 2. The van der Waals surface area contributed by atoms with Crippen LogP contribution in [0.1, 0.15) is 6.92 Å². The summed E-state index contributed by atoms with van der Waals surface area (Å²) in [5.41, 5.74) is -0.327. The Hall–Kier alpha value is -1.63. The molecule has 1 amide bonds. The quantitative estimate of drug-likeness (QED) is 0.831. The van der Waals surface area contributed by atoms with Gasteiger partial charge in [0, 0.05) is 16.7 Å². The number of aromatic nitrogens is 1. The van der Waals surface area contributed by atoms with E-state index in [1.54, 1.807) is 6.07 Å². The first kappa shape index (κ1) is 13.4. The second-order valence-corrected chi connectivity index (χ2v) is 4.36. The maximum absolute atomic E-state index is 11.4. The number of hydrogen-bond acceptors (Lipinski definition) is 3. The fourth-order valence-electron chi connectivity index (χ4n) is 1.13. The molecule has 1 atom stereocenters. The van der Waals surface area contributed by atoms with Crippen LogP contribution in [-0.2, 0) is 16.1 Å². The summed E-state index contributed by atoms with van der Waals surface area (Å²) in [6, 6.07) is 1.90. The first-order valence-corrected chi connectivity index (χ1v) is 5.57. The Labute approximate surface area is 105 Å². The lowest BCUT2D eigenvalue weighted by atomic mass is 10.3. The number of nitrogens with zero attached hydrogens (tertiary/aromatic N) is 1. The number of aliphatic carboxylic acids is 1. The molecule has 7 heteroatoms. The molecule has 0 aliphatic heterocycles. The molecule has 1 aromatic rings. The molecule has 0 fully saturated rings. The van der Waals surface area contributed by atoms with Gasteiger partial charge in [-0.1, -0.05) is 0 Å². The standard InChI is InChI=1S/C10H11BrN2O4/c1-6(10(16)17)12-8(14)5-13-4-7(11)2-3-9(13)15/h2-4,6H,5H2,1H3,(H,12,14)(H,16,17). The van der Waals surface area contributed by atoms with E-state index in [0.29, 0.717) is 4.47 Å².